The third-order valence-electron chi connectivity index (χ3n) is 10.6. The van der Waals surface area contributed by atoms with Crippen LogP contribution in [0.5, 0.6) is 0 Å². The quantitative estimate of drug-likeness (QED) is 0.114. The fourth-order valence-corrected chi connectivity index (χ4v) is 7.77. The molecule has 1 heterocycles. The SMILES string of the molecule is C/C=C\c1ccc(\C=C/C=C\C=C\Nc2ccccc2)cc1-c1c(N/C=C/C)ccc2c1oc1c(-c3cc(N(c4ccccc4)c4ccccc4)ccc3C)c(C)ccc12. The number of para-hydroxylation sites is 3. The minimum Gasteiger partial charge on any atom is -0.455 e. The number of hydrogen-bond donors (Lipinski definition) is 2. The van der Waals surface area contributed by atoms with Gasteiger partial charge in [-0.05, 0) is 140 Å². The van der Waals surface area contributed by atoms with Gasteiger partial charge in [0.1, 0.15) is 11.2 Å². The number of aryl methyl sites for hydroxylation is 2. The summed E-state index contributed by atoms with van der Waals surface area (Å²) in [6.45, 7) is 8.46. The molecule has 0 spiro atoms. The van der Waals surface area contributed by atoms with Gasteiger partial charge in [-0.25, -0.2) is 0 Å². The van der Waals surface area contributed by atoms with Gasteiger partial charge in [-0.2, -0.15) is 0 Å². The first-order chi connectivity index (χ1) is 29.5. The third-order valence-corrected chi connectivity index (χ3v) is 10.6. The van der Waals surface area contributed by atoms with Crippen LogP contribution >= 0.6 is 0 Å². The van der Waals surface area contributed by atoms with E-state index in [2.05, 4.69) is 182 Å². The van der Waals surface area contributed by atoms with Crippen molar-refractivity contribution in [3.8, 4) is 22.3 Å². The number of furan rings is 1. The topological polar surface area (TPSA) is 40.4 Å². The second-order valence-electron chi connectivity index (χ2n) is 14.7. The molecule has 60 heavy (non-hydrogen) atoms. The van der Waals surface area contributed by atoms with E-state index in [1.54, 1.807) is 0 Å². The van der Waals surface area contributed by atoms with E-state index in [1.807, 2.05) is 74.0 Å². The molecular weight excluding hydrogens is 731 g/mol. The van der Waals surface area contributed by atoms with Crippen LogP contribution in [-0.4, -0.2) is 0 Å². The molecule has 0 saturated heterocycles. The van der Waals surface area contributed by atoms with Gasteiger partial charge in [0, 0.05) is 56.5 Å². The van der Waals surface area contributed by atoms with Crippen molar-refractivity contribution in [1.29, 1.82) is 0 Å². The first kappa shape index (κ1) is 39.3. The highest BCUT2D eigenvalue weighted by atomic mass is 16.3. The summed E-state index contributed by atoms with van der Waals surface area (Å²) in [6.07, 6.45) is 20.5. The molecule has 4 nitrogen and oxygen atoms in total. The van der Waals surface area contributed by atoms with Crippen LogP contribution in [-0.2, 0) is 0 Å². The number of fused-ring (bicyclic) bond motifs is 3. The normalized spacial score (nSPS) is 12.0. The Kier molecular flexibility index (Phi) is 12.0. The van der Waals surface area contributed by atoms with E-state index >= 15 is 0 Å². The zero-order valence-corrected chi connectivity index (χ0v) is 34.6. The average molecular weight is 780 g/mol. The number of nitrogens with zero attached hydrogens (tertiary/aromatic N) is 1. The molecule has 8 aromatic rings. The smallest absolute Gasteiger partial charge is 0.145 e. The van der Waals surface area contributed by atoms with Gasteiger partial charge >= 0.3 is 0 Å². The third kappa shape index (κ3) is 8.36. The molecule has 4 heteroatoms. The number of rotatable bonds is 13. The Balaban J connectivity index is 1.25. The molecule has 0 atom stereocenters. The highest BCUT2D eigenvalue weighted by molar-refractivity contribution is 6.16. The van der Waals surface area contributed by atoms with Gasteiger partial charge in [0.15, 0.2) is 0 Å². The van der Waals surface area contributed by atoms with E-state index in [4.69, 9.17) is 4.42 Å². The van der Waals surface area contributed by atoms with Crippen LogP contribution in [0.1, 0.15) is 36.1 Å². The van der Waals surface area contributed by atoms with Crippen LogP contribution in [0.15, 0.2) is 205 Å². The second kappa shape index (κ2) is 18.4. The van der Waals surface area contributed by atoms with E-state index in [1.165, 1.54) is 5.56 Å². The first-order valence-electron chi connectivity index (χ1n) is 20.5. The number of nitrogens with one attached hydrogen (secondary N) is 2. The van der Waals surface area contributed by atoms with Crippen LogP contribution in [0.25, 0.3) is 56.3 Å². The van der Waals surface area contributed by atoms with Crippen molar-refractivity contribution in [2.45, 2.75) is 27.7 Å². The van der Waals surface area contributed by atoms with Gasteiger partial charge < -0.3 is 20.0 Å². The lowest BCUT2D eigenvalue weighted by molar-refractivity contribution is 0.671. The lowest BCUT2D eigenvalue weighted by atomic mass is 9.92. The van der Waals surface area contributed by atoms with Crippen molar-refractivity contribution in [3.05, 3.63) is 223 Å². The van der Waals surface area contributed by atoms with Crippen LogP contribution in [0, 0.1) is 13.8 Å². The van der Waals surface area contributed by atoms with Gasteiger partial charge in [-0.3, -0.25) is 0 Å². The molecule has 0 aliphatic rings. The van der Waals surface area contributed by atoms with Crippen LogP contribution in [0.2, 0.25) is 0 Å². The maximum atomic E-state index is 7.25. The van der Waals surface area contributed by atoms with Crippen molar-refractivity contribution >= 4 is 62.5 Å². The van der Waals surface area contributed by atoms with Crippen LogP contribution < -0.4 is 15.5 Å². The molecule has 0 amide bonds. The Morgan fingerprint density at radius 1 is 0.483 bits per heavy atom. The molecule has 0 radical (unpaired) electrons. The molecule has 294 valence electrons. The molecular formula is C56H49N3O. The molecule has 0 aliphatic carbocycles. The molecule has 0 aliphatic heterocycles. The largest absolute Gasteiger partial charge is 0.455 e. The predicted octanol–water partition coefficient (Wildman–Crippen LogP) is 16.2. The van der Waals surface area contributed by atoms with Gasteiger partial charge in [0.25, 0.3) is 0 Å². The Hall–Kier alpha value is -7.56. The summed E-state index contributed by atoms with van der Waals surface area (Å²) >= 11 is 0. The van der Waals surface area contributed by atoms with Crippen molar-refractivity contribution in [2.75, 3.05) is 15.5 Å². The summed E-state index contributed by atoms with van der Waals surface area (Å²) in [5.74, 6) is 0. The van der Waals surface area contributed by atoms with Gasteiger partial charge in [0.05, 0.1) is 0 Å². The monoisotopic (exact) mass is 779 g/mol. The fourth-order valence-electron chi connectivity index (χ4n) is 7.77. The Morgan fingerprint density at radius 2 is 1.13 bits per heavy atom. The van der Waals surface area contributed by atoms with Crippen molar-refractivity contribution < 1.29 is 4.42 Å². The van der Waals surface area contributed by atoms with Crippen molar-refractivity contribution in [3.63, 3.8) is 0 Å². The molecule has 0 fully saturated rings. The Labute approximate surface area is 353 Å². The fraction of sp³-hybridized carbons (Fsp3) is 0.0714. The Bertz CT molecular complexity index is 2860. The molecule has 0 saturated carbocycles. The summed E-state index contributed by atoms with van der Waals surface area (Å²) in [7, 11) is 0. The Morgan fingerprint density at radius 3 is 1.83 bits per heavy atom. The zero-order chi connectivity index (χ0) is 41.3. The molecule has 0 unspecified atom stereocenters. The van der Waals surface area contributed by atoms with Gasteiger partial charge in [-0.15, -0.1) is 0 Å². The number of allylic oxidation sites excluding steroid dienone is 6. The molecule has 0 bridgehead atoms. The van der Waals surface area contributed by atoms with E-state index in [9.17, 15) is 0 Å². The van der Waals surface area contributed by atoms with Crippen LogP contribution in [0.3, 0.4) is 0 Å². The van der Waals surface area contributed by atoms with E-state index in [-0.39, 0.29) is 0 Å². The second-order valence-corrected chi connectivity index (χ2v) is 14.7. The first-order valence-corrected chi connectivity index (χ1v) is 20.5. The maximum Gasteiger partial charge on any atom is 0.145 e. The molecule has 2 N–H and O–H groups in total. The van der Waals surface area contributed by atoms with Crippen molar-refractivity contribution in [2.24, 2.45) is 0 Å². The minimum atomic E-state index is 0.846. The average Bonchev–Trinajstić information content (AvgIpc) is 3.66. The summed E-state index contributed by atoms with van der Waals surface area (Å²) in [6, 6.07) is 53.4. The van der Waals surface area contributed by atoms with Gasteiger partial charge in [0.2, 0.25) is 0 Å². The minimum absolute atomic E-state index is 0.846. The zero-order valence-electron chi connectivity index (χ0n) is 34.6. The number of benzene rings is 7. The molecule has 7 aromatic carbocycles. The molecule has 8 rings (SSSR count). The van der Waals surface area contributed by atoms with E-state index in [0.29, 0.717) is 0 Å². The highest BCUT2D eigenvalue weighted by Crippen LogP contribution is 2.47. The lowest BCUT2D eigenvalue weighted by Crippen LogP contribution is -2.10. The summed E-state index contributed by atoms with van der Waals surface area (Å²) in [5.41, 5.74) is 15.9. The predicted molar refractivity (Wildman–Crippen MR) is 259 cm³/mol. The standard InChI is InChI=1S/C56H49N3O/c1-5-20-43-31-30-42(21-12-7-8-19-37-57-44-22-13-9-14-23-44)38-51(43)54-52(58-36-6-2)35-34-49-48-33-29-41(4)53(55(48)60-56(49)54)50-39-47(32-28-40(50)3)59(45-24-15-10-16-25-45)46-26-17-11-18-27-46/h5-39,57-58H,1-4H3/b8-7-,20-5-,21-12-,36-6+,37-19+. The van der Waals surface area contributed by atoms with E-state index < -0.39 is 0 Å². The lowest BCUT2D eigenvalue weighted by Gasteiger charge is -2.26. The van der Waals surface area contributed by atoms with E-state index in [0.717, 1.165) is 89.3 Å². The number of anilines is 5. The van der Waals surface area contributed by atoms with Crippen LogP contribution in [0.4, 0.5) is 28.4 Å². The van der Waals surface area contributed by atoms with Gasteiger partial charge in [-0.1, -0.05) is 127 Å². The highest BCUT2D eigenvalue weighted by Gasteiger charge is 2.23. The summed E-state index contributed by atoms with van der Waals surface area (Å²) in [5, 5.41) is 9.03. The maximum absolute atomic E-state index is 7.25. The van der Waals surface area contributed by atoms with Crippen molar-refractivity contribution in [1.82, 2.24) is 0 Å². The summed E-state index contributed by atoms with van der Waals surface area (Å²) < 4.78 is 7.25. The summed E-state index contributed by atoms with van der Waals surface area (Å²) in [4.78, 5) is 2.31. The molecule has 1 aromatic heterocycles. The number of hydrogen-bond acceptors (Lipinski definition) is 4.